The summed E-state index contributed by atoms with van der Waals surface area (Å²) >= 11 is 0. The molecule has 2 rings (SSSR count). The molecule has 0 aliphatic heterocycles. The molecule has 4 heteroatoms. The summed E-state index contributed by atoms with van der Waals surface area (Å²) < 4.78 is 18.8. The first-order chi connectivity index (χ1) is 9.24. The van der Waals surface area contributed by atoms with Gasteiger partial charge in [0.05, 0.1) is 6.61 Å². The number of aliphatic hydroxyl groups is 1. The largest absolute Gasteiger partial charge is 0.489 e. The van der Waals surface area contributed by atoms with Gasteiger partial charge in [-0.05, 0) is 29.3 Å². The van der Waals surface area contributed by atoms with Crippen LogP contribution in [0.1, 0.15) is 16.7 Å². The topological polar surface area (TPSA) is 55.5 Å². The monoisotopic (exact) mass is 261 g/mol. The van der Waals surface area contributed by atoms with E-state index >= 15 is 0 Å². The third-order valence-electron chi connectivity index (χ3n) is 2.91. The maximum Gasteiger partial charge on any atom is 0.125 e. The summed E-state index contributed by atoms with van der Waals surface area (Å²) in [6, 6.07) is 11.7. The van der Waals surface area contributed by atoms with E-state index in [-0.39, 0.29) is 19.0 Å². The highest BCUT2D eigenvalue weighted by Crippen LogP contribution is 2.20. The predicted octanol–water partition coefficient (Wildman–Crippen LogP) is 2.36. The first kappa shape index (κ1) is 13.5. The van der Waals surface area contributed by atoms with E-state index in [0.717, 1.165) is 11.1 Å². The number of halogens is 1. The van der Waals surface area contributed by atoms with Crippen molar-refractivity contribution < 1.29 is 14.2 Å². The zero-order valence-electron chi connectivity index (χ0n) is 10.5. The minimum atomic E-state index is -0.314. The zero-order chi connectivity index (χ0) is 13.7. The summed E-state index contributed by atoms with van der Waals surface area (Å²) in [4.78, 5) is 0. The van der Waals surface area contributed by atoms with Crippen LogP contribution in [0.25, 0.3) is 0 Å². The van der Waals surface area contributed by atoms with Crippen molar-refractivity contribution in [3.8, 4) is 5.75 Å². The first-order valence-electron chi connectivity index (χ1n) is 6.03. The molecule has 0 bridgehead atoms. The van der Waals surface area contributed by atoms with Gasteiger partial charge in [0.1, 0.15) is 18.2 Å². The lowest BCUT2D eigenvalue weighted by Crippen LogP contribution is -2.06. The Morgan fingerprint density at radius 2 is 1.84 bits per heavy atom. The third-order valence-corrected chi connectivity index (χ3v) is 2.91. The number of benzene rings is 2. The molecule has 0 aromatic heterocycles. The fourth-order valence-electron chi connectivity index (χ4n) is 1.86. The molecule has 0 aliphatic rings. The molecule has 3 N–H and O–H groups in total. The van der Waals surface area contributed by atoms with E-state index in [1.165, 1.54) is 12.1 Å². The lowest BCUT2D eigenvalue weighted by molar-refractivity contribution is 0.258. The Balaban J connectivity index is 2.16. The molecule has 100 valence electrons. The van der Waals surface area contributed by atoms with Crippen LogP contribution in [0.15, 0.2) is 42.5 Å². The van der Waals surface area contributed by atoms with Crippen molar-refractivity contribution >= 4 is 0 Å². The number of rotatable bonds is 5. The standard InChI is InChI=1S/C15H16FNO2/c16-14-6-5-11(8-17)13(7-14)10-19-15-4-2-1-3-12(15)9-18/h1-7,18H,8-10,17H2. The molecule has 0 heterocycles. The van der Waals surface area contributed by atoms with Gasteiger partial charge in [-0.25, -0.2) is 4.39 Å². The van der Waals surface area contributed by atoms with E-state index in [1.54, 1.807) is 18.2 Å². The summed E-state index contributed by atoms with van der Waals surface area (Å²) in [5.41, 5.74) is 7.88. The molecular weight excluding hydrogens is 245 g/mol. The lowest BCUT2D eigenvalue weighted by Gasteiger charge is -2.12. The smallest absolute Gasteiger partial charge is 0.125 e. The molecule has 0 atom stereocenters. The molecular formula is C15H16FNO2. The van der Waals surface area contributed by atoms with Crippen molar-refractivity contribution in [2.45, 2.75) is 19.8 Å². The van der Waals surface area contributed by atoms with E-state index in [1.807, 2.05) is 12.1 Å². The highest BCUT2D eigenvalue weighted by atomic mass is 19.1. The lowest BCUT2D eigenvalue weighted by atomic mass is 10.1. The van der Waals surface area contributed by atoms with E-state index in [0.29, 0.717) is 17.9 Å². The Kier molecular flexibility index (Phi) is 4.49. The van der Waals surface area contributed by atoms with E-state index in [4.69, 9.17) is 10.5 Å². The van der Waals surface area contributed by atoms with Crippen LogP contribution in [0.2, 0.25) is 0 Å². The summed E-state index contributed by atoms with van der Waals surface area (Å²) in [5, 5.41) is 9.20. The van der Waals surface area contributed by atoms with E-state index < -0.39 is 0 Å². The minimum absolute atomic E-state index is 0.0942. The predicted molar refractivity (Wildman–Crippen MR) is 71.0 cm³/mol. The number of hydrogen-bond donors (Lipinski definition) is 2. The van der Waals surface area contributed by atoms with Crippen molar-refractivity contribution in [3.63, 3.8) is 0 Å². The Morgan fingerprint density at radius 1 is 1.05 bits per heavy atom. The van der Waals surface area contributed by atoms with Crippen molar-refractivity contribution in [1.29, 1.82) is 0 Å². The van der Waals surface area contributed by atoms with Gasteiger partial charge in [-0.15, -0.1) is 0 Å². The second-order valence-electron chi connectivity index (χ2n) is 4.17. The summed E-state index contributed by atoms with van der Waals surface area (Å²) in [7, 11) is 0. The molecule has 2 aromatic rings. The minimum Gasteiger partial charge on any atom is -0.489 e. The normalized spacial score (nSPS) is 10.5. The molecule has 0 saturated heterocycles. The van der Waals surface area contributed by atoms with Crippen LogP contribution in [0.4, 0.5) is 4.39 Å². The van der Waals surface area contributed by atoms with Crippen LogP contribution < -0.4 is 10.5 Å². The Labute approximate surface area is 111 Å². The molecule has 0 radical (unpaired) electrons. The molecule has 0 saturated carbocycles. The van der Waals surface area contributed by atoms with Gasteiger partial charge in [0, 0.05) is 12.1 Å². The summed E-state index contributed by atoms with van der Waals surface area (Å²) in [6.07, 6.45) is 0. The second-order valence-corrected chi connectivity index (χ2v) is 4.17. The van der Waals surface area contributed by atoms with E-state index in [9.17, 15) is 9.50 Å². The number of hydrogen-bond acceptors (Lipinski definition) is 3. The Hall–Kier alpha value is -1.91. The van der Waals surface area contributed by atoms with Crippen LogP contribution in [-0.4, -0.2) is 5.11 Å². The molecule has 19 heavy (non-hydrogen) atoms. The highest BCUT2D eigenvalue weighted by Gasteiger charge is 2.06. The molecule has 3 nitrogen and oxygen atoms in total. The van der Waals surface area contributed by atoms with Crippen LogP contribution >= 0.6 is 0 Å². The van der Waals surface area contributed by atoms with E-state index in [2.05, 4.69) is 0 Å². The van der Waals surface area contributed by atoms with Crippen LogP contribution in [0.3, 0.4) is 0 Å². The maximum atomic E-state index is 13.2. The number of para-hydroxylation sites is 1. The van der Waals surface area contributed by atoms with Gasteiger partial charge in [-0.3, -0.25) is 0 Å². The van der Waals surface area contributed by atoms with Gasteiger partial charge in [0.15, 0.2) is 0 Å². The fraction of sp³-hybridized carbons (Fsp3) is 0.200. The molecule has 0 unspecified atom stereocenters. The van der Waals surface area contributed by atoms with Crippen molar-refractivity contribution in [2.75, 3.05) is 0 Å². The number of aliphatic hydroxyl groups excluding tert-OH is 1. The van der Waals surface area contributed by atoms with Gasteiger partial charge in [0.25, 0.3) is 0 Å². The third kappa shape index (κ3) is 3.30. The quantitative estimate of drug-likeness (QED) is 0.868. The van der Waals surface area contributed by atoms with Crippen molar-refractivity contribution in [1.82, 2.24) is 0 Å². The zero-order valence-corrected chi connectivity index (χ0v) is 10.5. The van der Waals surface area contributed by atoms with Gasteiger partial charge >= 0.3 is 0 Å². The highest BCUT2D eigenvalue weighted by molar-refractivity contribution is 5.34. The molecule has 0 amide bonds. The fourth-order valence-corrected chi connectivity index (χ4v) is 1.86. The van der Waals surface area contributed by atoms with Crippen LogP contribution in [0, 0.1) is 5.82 Å². The number of ether oxygens (including phenoxy) is 1. The van der Waals surface area contributed by atoms with Gasteiger partial charge in [-0.2, -0.15) is 0 Å². The Morgan fingerprint density at radius 3 is 2.58 bits per heavy atom. The van der Waals surface area contributed by atoms with Gasteiger partial charge in [0.2, 0.25) is 0 Å². The van der Waals surface area contributed by atoms with Crippen molar-refractivity contribution in [3.05, 3.63) is 65.0 Å². The first-order valence-corrected chi connectivity index (χ1v) is 6.03. The second kappa shape index (κ2) is 6.31. The molecule has 0 aliphatic carbocycles. The van der Waals surface area contributed by atoms with Gasteiger partial charge in [-0.1, -0.05) is 24.3 Å². The SMILES string of the molecule is NCc1ccc(F)cc1COc1ccccc1CO. The molecule has 2 aromatic carbocycles. The van der Waals surface area contributed by atoms with Crippen molar-refractivity contribution in [2.24, 2.45) is 5.73 Å². The summed E-state index contributed by atoms with van der Waals surface area (Å²) in [6.45, 7) is 0.463. The average molecular weight is 261 g/mol. The van der Waals surface area contributed by atoms with Gasteiger partial charge < -0.3 is 15.6 Å². The molecule has 0 spiro atoms. The Bertz CT molecular complexity index is 558. The summed E-state index contributed by atoms with van der Waals surface area (Å²) in [5.74, 6) is 0.281. The van der Waals surface area contributed by atoms with Crippen LogP contribution in [-0.2, 0) is 19.8 Å². The average Bonchev–Trinajstić information content (AvgIpc) is 2.45. The number of nitrogens with two attached hydrogens (primary N) is 1. The molecule has 0 fully saturated rings. The van der Waals surface area contributed by atoms with Crippen LogP contribution in [0.5, 0.6) is 5.75 Å². The maximum absolute atomic E-state index is 13.2.